The third kappa shape index (κ3) is 4.62. The summed E-state index contributed by atoms with van der Waals surface area (Å²) in [5.74, 6) is 0.910. The number of Topliss-reactive ketones (excluding diaryl/α,β-unsaturated/α-hetero) is 1. The summed E-state index contributed by atoms with van der Waals surface area (Å²) in [6, 6.07) is 25.0. The Morgan fingerprint density at radius 3 is 2.31 bits per heavy atom. The lowest BCUT2D eigenvalue weighted by Gasteiger charge is -2.34. The summed E-state index contributed by atoms with van der Waals surface area (Å²) in [6.07, 6.45) is 2.12. The second-order valence-corrected chi connectivity index (χ2v) is 9.02. The quantitative estimate of drug-likeness (QED) is 0.459. The van der Waals surface area contributed by atoms with Crippen molar-refractivity contribution in [3.63, 3.8) is 0 Å². The van der Waals surface area contributed by atoms with E-state index in [1.165, 1.54) is 0 Å². The summed E-state index contributed by atoms with van der Waals surface area (Å²) in [5.41, 5.74) is 5.62. The van der Waals surface area contributed by atoms with Gasteiger partial charge in [0.2, 0.25) is 0 Å². The van der Waals surface area contributed by atoms with Gasteiger partial charge in [0.15, 0.2) is 5.78 Å². The van der Waals surface area contributed by atoms with Crippen LogP contribution in [0.15, 0.2) is 101 Å². The first-order chi connectivity index (χ1) is 17.0. The smallest absolute Gasteiger partial charge is 0.254 e. The molecule has 2 N–H and O–H groups in total. The van der Waals surface area contributed by atoms with E-state index < -0.39 is 5.92 Å². The second-order valence-electron chi connectivity index (χ2n) is 9.02. The number of aryl methyl sites for hydroxylation is 1. The maximum Gasteiger partial charge on any atom is 0.254 e. The number of carbonyl (C=O) groups is 2. The van der Waals surface area contributed by atoms with Gasteiger partial charge in [-0.15, -0.1) is 0 Å². The van der Waals surface area contributed by atoms with Crippen molar-refractivity contribution in [1.82, 2.24) is 5.32 Å². The number of anilines is 1. The van der Waals surface area contributed by atoms with Crippen LogP contribution in [0.3, 0.4) is 0 Å². The zero-order valence-corrected chi connectivity index (χ0v) is 19.9. The highest BCUT2D eigenvalue weighted by Gasteiger charge is 2.38. The van der Waals surface area contributed by atoms with Crippen molar-refractivity contribution >= 4 is 17.4 Å². The fraction of sp³-hybridized carbons (Fsp3) is 0.200. The van der Waals surface area contributed by atoms with Gasteiger partial charge in [-0.2, -0.15) is 0 Å². The highest BCUT2D eigenvalue weighted by atomic mass is 16.5. The standard InChI is InChI=1S/C30H28N2O3/c1-19-9-6-7-12-24(19)32-30(34)27-20(2)31-25-13-8-14-26(33)29(25)28(27)21-15-17-23(18-16-21)35-22-10-4-3-5-11-22/h3-7,9-12,15-18,28,31H,8,13-14H2,1-2H3,(H,32,34). The van der Waals surface area contributed by atoms with Crippen LogP contribution in [0.25, 0.3) is 0 Å². The van der Waals surface area contributed by atoms with Crippen molar-refractivity contribution in [2.45, 2.75) is 39.0 Å². The van der Waals surface area contributed by atoms with Gasteiger partial charge in [0, 0.05) is 40.6 Å². The Labute approximate surface area is 205 Å². The molecular weight excluding hydrogens is 436 g/mol. The first-order valence-corrected chi connectivity index (χ1v) is 11.9. The molecule has 1 aliphatic carbocycles. The van der Waals surface area contributed by atoms with E-state index in [4.69, 9.17) is 4.74 Å². The molecule has 0 bridgehead atoms. The molecular formula is C30H28N2O3. The second kappa shape index (κ2) is 9.63. The molecule has 0 saturated carbocycles. The Morgan fingerprint density at radius 1 is 0.886 bits per heavy atom. The predicted octanol–water partition coefficient (Wildman–Crippen LogP) is 6.39. The van der Waals surface area contributed by atoms with Crippen molar-refractivity contribution < 1.29 is 14.3 Å². The highest BCUT2D eigenvalue weighted by Crippen LogP contribution is 2.43. The number of para-hydroxylation sites is 2. The predicted molar refractivity (Wildman–Crippen MR) is 137 cm³/mol. The molecule has 2 aliphatic rings. The van der Waals surface area contributed by atoms with Gasteiger partial charge in [0.25, 0.3) is 5.91 Å². The molecule has 5 heteroatoms. The van der Waals surface area contributed by atoms with Gasteiger partial charge in [-0.3, -0.25) is 9.59 Å². The Balaban J connectivity index is 1.51. The van der Waals surface area contributed by atoms with Gasteiger partial charge >= 0.3 is 0 Å². The van der Waals surface area contributed by atoms with Crippen molar-refractivity contribution in [2.75, 3.05) is 5.32 Å². The molecule has 35 heavy (non-hydrogen) atoms. The Kier molecular flexibility index (Phi) is 6.23. The molecule has 5 rings (SSSR count). The molecule has 3 aromatic rings. The van der Waals surface area contributed by atoms with Crippen molar-refractivity contribution in [1.29, 1.82) is 0 Å². The minimum Gasteiger partial charge on any atom is -0.457 e. The molecule has 0 saturated heterocycles. The Morgan fingerprint density at radius 2 is 1.57 bits per heavy atom. The lowest BCUT2D eigenvalue weighted by Crippen LogP contribution is -2.35. The lowest BCUT2D eigenvalue weighted by molar-refractivity contribution is -0.116. The number of carbonyl (C=O) groups excluding carboxylic acids is 2. The third-order valence-corrected chi connectivity index (χ3v) is 6.61. The van der Waals surface area contributed by atoms with Crippen LogP contribution < -0.4 is 15.4 Å². The normalized spacial score (nSPS) is 17.5. The maximum absolute atomic E-state index is 13.6. The average Bonchev–Trinajstić information content (AvgIpc) is 2.86. The van der Waals surface area contributed by atoms with Gasteiger partial charge < -0.3 is 15.4 Å². The minimum absolute atomic E-state index is 0.0991. The first-order valence-electron chi connectivity index (χ1n) is 11.9. The van der Waals surface area contributed by atoms with Gasteiger partial charge in [0.05, 0.1) is 0 Å². The molecule has 0 aromatic heterocycles. The van der Waals surface area contributed by atoms with Crippen LogP contribution in [0, 0.1) is 6.92 Å². The molecule has 1 amide bonds. The van der Waals surface area contributed by atoms with Crippen LogP contribution >= 0.6 is 0 Å². The number of rotatable bonds is 5. The van der Waals surface area contributed by atoms with E-state index in [0.717, 1.165) is 46.8 Å². The number of hydrogen-bond donors (Lipinski definition) is 2. The molecule has 1 heterocycles. The van der Waals surface area contributed by atoms with Crippen LogP contribution in [0.2, 0.25) is 0 Å². The van der Waals surface area contributed by atoms with Gasteiger partial charge in [-0.05, 0) is 68.1 Å². The summed E-state index contributed by atoms with van der Waals surface area (Å²) in [7, 11) is 0. The van der Waals surface area contributed by atoms with E-state index >= 15 is 0 Å². The number of ketones is 1. The van der Waals surface area contributed by atoms with Gasteiger partial charge in [-0.25, -0.2) is 0 Å². The van der Waals surface area contributed by atoms with E-state index in [2.05, 4.69) is 10.6 Å². The SMILES string of the molecule is CC1=C(C(=O)Nc2ccccc2C)C(c2ccc(Oc3ccccc3)cc2)C2=C(CCCC2=O)N1. The number of ether oxygens (including phenoxy) is 1. The molecule has 176 valence electrons. The van der Waals surface area contributed by atoms with E-state index in [0.29, 0.717) is 23.3 Å². The highest BCUT2D eigenvalue weighted by molar-refractivity contribution is 6.10. The van der Waals surface area contributed by atoms with Crippen LogP contribution in [-0.4, -0.2) is 11.7 Å². The molecule has 1 atom stereocenters. The van der Waals surface area contributed by atoms with Crippen LogP contribution in [0.5, 0.6) is 11.5 Å². The van der Waals surface area contributed by atoms with Gasteiger partial charge in [0.1, 0.15) is 11.5 Å². The van der Waals surface area contributed by atoms with Crippen LogP contribution in [-0.2, 0) is 9.59 Å². The van der Waals surface area contributed by atoms with E-state index in [1.807, 2.05) is 92.7 Å². The maximum atomic E-state index is 13.6. The van der Waals surface area contributed by atoms with Crippen molar-refractivity contribution in [3.05, 3.63) is 113 Å². The average molecular weight is 465 g/mol. The molecule has 1 unspecified atom stereocenters. The van der Waals surface area contributed by atoms with E-state index in [9.17, 15) is 9.59 Å². The third-order valence-electron chi connectivity index (χ3n) is 6.61. The number of amides is 1. The number of benzene rings is 3. The molecule has 0 radical (unpaired) electrons. The van der Waals surface area contributed by atoms with E-state index in [-0.39, 0.29) is 11.7 Å². The fourth-order valence-electron chi connectivity index (χ4n) is 4.87. The molecule has 3 aromatic carbocycles. The molecule has 1 aliphatic heterocycles. The summed E-state index contributed by atoms with van der Waals surface area (Å²) in [5, 5.41) is 6.45. The van der Waals surface area contributed by atoms with Crippen molar-refractivity contribution in [2.24, 2.45) is 0 Å². The number of dihydropyridines is 1. The topological polar surface area (TPSA) is 67.4 Å². The summed E-state index contributed by atoms with van der Waals surface area (Å²) < 4.78 is 5.95. The number of allylic oxidation sites excluding steroid dienone is 3. The summed E-state index contributed by atoms with van der Waals surface area (Å²) >= 11 is 0. The Bertz CT molecular complexity index is 1340. The fourth-order valence-corrected chi connectivity index (χ4v) is 4.87. The van der Waals surface area contributed by atoms with Crippen LogP contribution in [0.1, 0.15) is 43.2 Å². The van der Waals surface area contributed by atoms with E-state index in [1.54, 1.807) is 0 Å². The molecule has 0 fully saturated rings. The molecule has 5 nitrogen and oxygen atoms in total. The number of nitrogens with one attached hydrogen (secondary N) is 2. The zero-order valence-electron chi connectivity index (χ0n) is 19.9. The zero-order chi connectivity index (χ0) is 24.4. The van der Waals surface area contributed by atoms with Gasteiger partial charge in [-0.1, -0.05) is 48.5 Å². The number of hydrogen-bond acceptors (Lipinski definition) is 4. The monoisotopic (exact) mass is 464 g/mol. The lowest BCUT2D eigenvalue weighted by atomic mass is 9.75. The largest absolute Gasteiger partial charge is 0.457 e. The van der Waals surface area contributed by atoms with Crippen LogP contribution in [0.4, 0.5) is 5.69 Å². The first kappa shape index (κ1) is 22.7. The van der Waals surface area contributed by atoms with Crippen molar-refractivity contribution in [3.8, 4) is 11.5 Å². The summed E-state index contributed by atoms with van der Waals surface area (Å²) in [6.45, 7) is 3.87. The summed E-state index contributed by atoms with van der Waals surface area (Å²) in [4.78, 5) is 26.8. The Hall–Kier alpha value is -4.12. The minimum atomic E-state index is -0.436. The molecule has 0 spiro atoms.